The van der Waals surface area contributed by atoms with Gasteiger partial charge in [0.1, 0.15) is 0 Å². The van der Waals surface area contributed by atoms with Crippen LogP contribution >= 0.6 is 11.6 Å². The first-order valence-corrected chi connectivity index (χ1v) is 4.66. The van der Waals surface area contributed by atoms with Crippen molar-refractivity contribution < 1.29 is 4.79 Å². The molecule has 0 aliphatic carbocycles. The molecule has 0 spiro atoms. The van der Waals surface area contributed by atoms with Crippen molar-refractivity contribution in [2.75, 3.05) is 11.9 Å². The van der Waals surface area contributed by atoms with E-state index >= 15 is 0 Å². The van der Waals surface area contributed by atoms with Crippen LogP contribution in [-0.2, 0) is 4.79 Å². The molecule has 0 radical (unpaired) electrons. The molecule has 0 aliphatic rings. The van der Waals surface area contributed by atoms with E-state index < -0.39 is 0 Å². The molecule has 1 aromatic rings. The Morgan fingerprint density at radius 2 is 2.13 bits per heavy atom. The van der Waals surface area contributed by atoms with Crippen molar-refractivity contribution in [1.82, 2.24) is 0 Å². The normalized spacial score (nSPS) is 9.13. The molecule has 0 saturated carbocycles. The molecule has 1 amide bonds. The number of hydrogen-bond donors (Lipinski definition) is 1. The lowest BCUT2D eigenvalue weighted by Gasteiger charge is -2.03. The lowest BCUT2D eigenvalue weighted by atomic mass is 10.3. The fourth-order valence-corrected chi connectivity index (χ4v) is 1.08. The lowest BCUT2D eigenvalue weighted by Crippen LogP contribution is -2.12. The van der Waals surface area contributed by atoms with Gasteiger partial charge < -0.3 is 5.32 Å². The van der Waals surface area contributed by atoms with Crippen LogP contribution in [-0.4, -0.2) is 12.5 Å². The first-order chi connectivity index (χ1) is 7.22. The first-order valence-electron chi connectivity index (χ1n) is 4.28. The predicted molar refractivity (Wildman–Crippen MR) is 58.7 cm³/mol. The lowest BCUT2D eigenvalue weighted by molar-refractivity contribution is -0.116. The van der Waals surface area contributed by atoms with E-state index in [1.54, 1.807) is 24.3 Å². The smallest absolute Gasteiger partial charge is 0.224 e. The van der Waals surface area contributed by atoms with E-state index in [0.717, 1.165) is 0 Å². The van der Waals surface area contributed by atoms with Gasteiger partial charge in [-0.15, -0.1) is 0 Å². The zero-order valence-corrected chi connectivity index (χ0v) is 8.61. The zero-order chi connectivity index (χ0) is 11.1. The standard InChI is InChI=1S/C9H9ClN4O/c10-7-1-3-8(4-2-7)13-9(15)5-6-12-14-11/h1-4H,5-6H2,(H,13,15). The number of benzene rings is 1. The maximum Gasteiger partial charge on any atom is 0.224 e. The van der Waals surface area contributed by atoms with Gasteiger partial charge in [-0.05, 0) is 29.8 Å². The van der Waals surface area contributed by atoms with Crippen LogP contribution < -0.4 is 5.32 Å². The van der Waals surface area contributed by atoms with Crippen molar-refractivity contribution in [3.8, 4) is 0 Å². The summed E-state index contributed by atoms with van der Waals surface area (Å²) < 4.78 is 0. The third-order valence-electron chi connectivity index (χ3n) is 1.63. The molecular weight excluding hydrogens is 216 g/mol. The summed E-state index contributed by atoms with van der Waals surface area (Å²) in [6, 6.07) is 6.77. The van der Waals surface area contributed by atoms with E-state index in [9.17, 15) is 4.79 Å². The number of nitrogens with zero attached hydrogens (tertiary/aromatic N) is 3. The molecule has 1 N–H and O–H groups in total. The Morgan fingerprint density at radius 3 is 2.73 bits per heavy atom. The largest absolute Gasteiger partial charge is 0.326 e. The van der Waals surface area contributed by atoms with E-state index in [-0.39, 0.29) is 18.9 Å². The van der Waals surface area contributed by atoms with E-state index in [1.165, 1.54) is 0 Å². The highest BCUT2D eigenvalue weighted by Gasteiger charge is 2.00. The van der Waals surface area contributed by atoms with Crippen LogP contribution in [0.1, 0.15) is 6.42 Å². The second-order valence-electron chi connectivity index (χ2n) is 2.76. The molecule has 0 saturated heterocycles. The van der Waals surface area contributed by atoms with Gasteiger partial charge in [0.15, 0.2) is 0 Å². The highest BCUT2D eigenvalue weighted by molar-refractivity contribution is 6.30. The van der Waals surface area contributed by atoms with Gasteiger partial charge in [0.05, 0.1) is 0 Å². The van der Waals surface area contributed by atoms with Gasteiger partial charge in [0, 0.05) is 28.6 Å². The number of halogens is 1. The monoisotopic (exact) mass is 224 g/mol. The Morgan fingerprint density at radius 1 is 1.47 bits per heavy atom. The number of carbonyl (C=O) groups is 1. The highest BCUT2D eigenvalue weighted by Crippen LogP contribution is 2.13. The Kier molecular flexibility index (Phi) is 4.47. The van der Waals surface area contributed by atoms with Crippen molar-refractivity contribution >= 4 is 23.2 Å². The Labute approximate surface area is 91.7 Å². The summed E-state index contributed by atoms with van der Waals surface area (Å²) in [4.78, 5) is 13.8. The summed E-state index contributed by atoms with van der Waals surface area (Å²) in [7, 11) is 0. The molecule has 0 aromatic heterocycles. The molecule has 0 unspecified atom stereocenters. The van der Waals surface area contributed by atoms with E-state index in [0.29, 0.717) is 10.7 Å². The van der Waals surface area contributed by atoms with Gasteiger partial charge in [-0.1, -0.05) is 16.7 Å². The summed E-state index contributed by atoms with van der Waals surface area (Å²) in [5, 5.41) is 6.53. The number of carbonyl (C=O) groups excluding carboxylic acids is 1. The van der Waals surface area contributed by atoms with Crippen molar-refractivity contribution in [2.24, 2.45) is 5.11 Å². The first kappa shape index (κ1) is 11.4. The molecule has 0 heterocycles. The Hall–Kier alpha value is -1.71. The van der Waals surface area contributed by atoms with Crippen molar-refractivity contribution in [1.29, 1.82) is 0 Å². The minimum absolute atomic E-state index is 0.163. The van der Waals surface area contributed by atoms with Gasteiger partial charge in [-0.2, -0.15) is 0 Å². The molecule has 78 valence electrons. The number of amides is 1. The Balaban J connectivity index is 2.44. The average Bonchev–Trinajstić information content (AvgIpc) is 2.22. The van der Waals surface area contributed by atoms with E-state index in [1.807, 2.05) is 0 Å². The number of nitrogens with one attached hydrogen (secondary N) is 1. The molecule has 1 aromatic carbocycles. The maximum absolute atomic E-state index is 11.2. The predicted octanol–water partition coefficient (Wildman–Crippen LogP) is 2.98. The van der Waals surface area contributed by atoms with Crippen molar-refractivity contribution in [2.45, 2.75) is 6.42 Å². The Bertz CT molecular complexity index is 384. The molecule has 6 heteroatoms. The highest BCUT2D eigenvalue weighted by atomic mass is 35.5. The van der Waals surface area contributed by atoms with Gasteiger partial charge >= 0.3 is 0 Å². The average molecular weight is 225 g/mol. The van der Waals surface area contributed by atoms with E-state index in [2.05, 4.69) is 15.3 Å². The minimum atomic E-state index is -0.190. The molecule has 0 bridgehead atoms. The van der Waals surface area contributed by atoms with Crippen LogP contribution in [0.15, 0.2) is 29.4 Å². The number of rotatable bonds is 4. The van der Waals surface area contributed by atoms with Gasteiger partial charge in [0.2, 0.25) is 5.91 Å². The second-order valence-corrected chi connectivity index (χ2v) is 3.20. The fourth-order valence-electron chi connectivity index (χ4n) is 0.953. The van der Waals surface area contributed by atoms with Gasteiger partial charge in [0.25, 0.3) is 0 Å². The molecular formula is C9H9ClN4O. The van der Waals surface area contributed by atoms with Crippen LogP contribution in [0.4, 0.5) is 5.69 Å². The molecule has 0 aliphatic heterocycles. The third kappa shape index (κ3) is 4.35. The molecule has 15 heavy (non-hydrogen) atoms. The zero-order valence-electron chi connectivity index (χ0n) is 7.85. The summed E-state index contributed by atoms with van der Waals surface area (Å²) in [5.74, 6) is -0.190. The van der Waals surface area contributed by atoms with Gasteiger partial charge in [-0.25, -0.2) is 0 Å². The number of anilines is 1. The number of hydrogen-bond acceptors (Lipinski definition) is 2. The van der Waals surface area contributed by atoms with Gasteiger partial charge in [-0.3, -0.25) is 4.79 Å². The van der Waals surface area contributed by atoms with Crippen LogP contribution in [0, 0.1) is 0 Å². The molecule has 5 nitrogen and oxygen atoms in total. The van der Waals surface area contributed by atoms with Crippen LogP contribution in [0.5, 0.6) is 0 Å². The summed E-state index contributed by atoms with van der Waals surface area (Å²) >= 11 is 5.68. The van der Waals surface area contributed by atoms with Crippen LogP contribution in [0.3, 0.4) is 0 Å². The quantitative estimate of drug-likeness (QED) is 0.476. The maximum atomic E-state index is 11.2. The summed E-state index contributed by atoms with van der Waals surface area (Å²) in [6.07, 6.45) is 0.173. The summed E-state index contributed by atoms with van der Waals surface area (Å²) in [6.45, 7) is 0.163. The van der Waals surface area contributed by atoms with Crippen molar-refractivity contribution in [3.05, 3.63) is 39.7 Å². The fraction of sp³-hybridized carbons (Fsp3) is 0.222. The third-order valence-corrected chi connectivity index (χ3v) is 1.88. The van der Waals surface area contributed by atoms with E-state index in [4.69, 9.17) is 17.1 Å². The second kappa shape index (κ2) is 5.90. The summed E-state index contributed by atoms with van der Waals surface area (Å²) in [5.41, 5.74) is 8.68. The minimum Gasteiger partial charge on any atom is -0.326 e. The SMILES string of the molecule is [N-]=[N+]=NCCC(=O)Nc1ccc(Cl)cc1. The topological polar surface area (TPSA) is 77.9 Å². The van der Waals surface area contributed by atoms with Crippen LogP contribution in [0.2, 0.25) is 5.02 Å². The molecule has 1 rings (SSSR count). The van der Waals surface area contributed by atoms with Crippen LogP contribution in [0.25, 0.3) is 10.4 Å². The number of azide groups is 1. The molecule has 0 atom stereocenters. The molecule has 0 fully saturated rings. The van der Waals surface area contributed by atoms with Crippen molar-refractivity contribution in [3.63, 3.8) is 0 Å².